The molecular weight excluding hydrogens is 228 g/mol. The first-order valence-corrected chi connectivity index (χ1v) is 5.49. The lowest BCUT2D eigenvalue weighted by Crippen LogP contribution is -2.27. The van der Waals surface area contributed by atoms with Crippen LogP contribution < -0.4 is 5.32 Å². The molecule has 0 bridgehead atoms. The number of aromatic nitrogens is 1. The van der Waals surface area contributed by atoms with Crippen LogP contribution in [0.5, 0.6) is 0 Å². The molecular formula is C10H14N2O3S. The zero-order valence-electron chi connectivity index (χ0n) is 9.40. The summed E-state index contributed by atoms with van der Waals surface area (Å²) >= 11 is 1.19. The van der Waals surface area contributed by atoms with Gasteiger partial charge < -0.3 is 9.84 Å². The number of nitrogens with zero attached hydrogens (tertiary/aromatic N) is 1. The van der Waals surface area contributed by atoms with Crippen molar-refractivity contribution in [1.82, 2.24) is 4.98 Å². The van der Waals surface area contributed by atoms with Gasteiger partial charge >= 0.3 is 6.09 Å². The first kappa shape index (κ1) is 12.5. The van der Waals surface area contributed by atoms with E-state index in [9.17, 15) is 9.90 Å². The SMILES string of the molecule is C=C(O)c1ncsc1NC(=O)OC(C)(C)C. The normalized spacial score (nSPS) is 10.9. The summed E-state index contributed by atoms with van der Waals surface area (Å²) in [5.41, 5.74) is 1.20. The number of hydrogen-bond donors (Lipinski definition) is 2. The predicted molar refractivity (Wildman–Crippen MR) is 63.6 cm³/mol. The van der Waals surface area contributed by atoms with Gasteiger partial charge in [0.2, 0.25) is 0 Å². The highest BCUT2D eigenvalue weighted by atomic mass is 32.1. The maximum Gasteiger partial charge on any atom is 0.412 e. The van der Waals surface area contributed by atoms with Gasteiger partial charge in [0.15, 0.2) is 0 Å². The van der Waals surface area contributed by atoms with Crippen LogP contribution in [0.1, 0.15) is 26.5 Å². The standard InChI is InChI=1S/C10H14N2O3S/c1-6(13)7-8(16-5-11-7)12-9(14)15-10(2,3)4/h5,13H,1H2,2-4H3,(H,12,14). The van der Waals surface area contributed by atoms with Gasteiger partial charge in [0.05, 0.1) is 5.51 Å². The lowest BCUT2D eigenvalue weighted by atomic mass is 10.2. The average Bonchev–Trinajstić information content (AvgIpc) is 2.47. The molecule has 0 saturated carbocycles. The molecule has 0 fully saturated rings. The van der Waals surface area contributed by atoms with Crippen molar-refractivity contribution in [2.24, 2.45) is 0 Å². The zero-order chi connectivity index (χ0) is 12.3. The molecule has 0 saturated heterocycles. The van der Waals surface area contributed by atoms with Gasteiger partial charge in [-0.25, -0.2) is 9.78 Å². The van der Waals surface area contributed by atoms with Gasteiger partial charge in [0.25, 0.3) is 0 Å². The number of rotatable bonds is 2. The Morgan fingerprint density at radius 3 is 2.75 bits per heavy atom. The highest BCUT2D eigenvalue weighted by Gasteiger charge is 2.18. The molecule has 1 rings (SSSR count). The van der Waals surface area contributed by atoms with Crippen molar-refractivity contribution in [3.05, 3.63) is 17.8 Å². The first-order valence-electron chi connectivity index (χ1n) is 4.61. The van der Waals surface area contributed by atoms with Crippen molar-refractivity contribution in [1.29, 1.82) is 0 Å². The summed E-state index contributed by atoms with van der Waals surface area (Å²) in [7, 11) is 0. The number of amides is 1. The summed E-state index contributed by atoms with van der Waals surface area (Å²) in [4.78, 5) is 15.3. The van der Waals surface area contributed by atoms with E-state index in [4.69, 9.17) is 4.74 Å². The topological polar surface area (TPSA) is 71.5 Å². The van der Waals surface area contributed by atoms with Gasteiger partial charge in [-0.3, -0.25) is 5.32 Å². The second-order valence-corrected chi connectivity index (χ2v) is 4.96. The van der Waals surface area contributed by atoms with Crippen LogP contribution in [0.2, 0.25) is 0 Å². The summed E-state index contributed by atoms with van der Waals surface area (Å²) in [6.07, 6.45) is -0.584. The van der Waals surface area contributed by atoms with Gasteiger partial charge in [-0.05, 0) is 20.8 Å². The molecule has 88 valence electrons. The van der Waals surface area contributed by atoms with Crippen molar-refractivity contribution >= 4 is 28.2 Å². The minimum absolute atomic E-state index is 0.188. The van der Waals surface area contributed by atoms with Crippen LogP contribution in [-0.2, 0) is 4.74 Å². The molecule has 1 aromatic rings. The van der Waals surface area contributed by atoms with Crippen LogP contribution in [-0.4, -0.2) is 21.8 Å². The molecule has 0 unspecified atom stereocenters. The Labute approximate surface area is 97.8 Å². The Hall–Kier alpha value is -1.56. The maximum absolute atomic E-state index is 11.4. The van der Waals surface area contributed by atoms with Gasteiger partial charge in [-0.15, -0.1) is 11.3 Å². The number of aliphatic hydroxyl groups is 1. The molecule has 1 amide bonds. The number of carbonyl (C=O) groups is 1. The lowest BCUT2D eigenvalue weighted by molar-refractivity contribution is 0.0636. The molecule has 0 aliphatic rings. The smallest absolute Gasteiger partial charge is 0.412 e. The summed E-state index contributed by atoms with van der Waals surface area (Å²) < 4.78 is 5.06. The van der Waals surface area contributed by atoms with Crippen molar-refractivity contribution in [2.45, 2.75) is 26.4 Å². The molecule has 1 aromatic heterocycles. The minimum atomic E-state index is -0.584. The van der Waals surface area contributed by atoms with Gasteiger partial charge in [-0.2, -0.15) is 0 Å². The van der Waals surface area contributed by atoms with Crippen molar-refractivity contribution in [3.63, 3.8) is 0 Å². The zero-order valence-corrected chi connectivity index (χ0v) is 10.2. The summed E-state index contributed by atoms with van der Waals surface area (Å²) in [6, 6.07) is 0. The third-order valence-electron chi connectivity index (χ3n) is 1.46. The van der Waals surface area contributed by atoms with E-state index in [1.807, 2.05) is 0 Å². The quantitative estimate of drug-likeness (QED) is 0.782. The van der Waals surface area contributed by atoms with Crippen LogP contribution >= 0.6 is 11.3 Å². The number of nitrogens with one attached hydrogen (secondary N) is 1. The highest BCUT2D eigenvalue weighted by Crippen LogP contribution is 2.25. The van der Waals surface area contributed by atoms with Crippen LogP contribution in [0, 0.1) is 0 Å². The van der Waals surface area contributed by atoms with Crippen molar-refractivity contribution in [3.8, 4) is 0 Å². The van der Waals surface area contributed by atoms with E-state index in [2.05, 4.69) is 16.9 Å². The molecule has 0 aliphatic heterocycles. The van der Waals surface area contributed by atoms with E-state index in [-0.39, 0.29) is 11.5 Å². The molecule has 6 heteroatoms. The Balaban J connectivity index is 2.70. The monoisotopic (exact) mass is 242 g/mol. The Morgan fingerprint density at radius 1 is 1.62 bits per heavy atom. The number of thiazole rings is 1. The molecule has 0 aliphatic carbocycles. The highest BCUT2D eigenvalue weighted by molar-refractivity contribution is 7.14. The number of aliphatic hydroxyl groups excluding tert-OH is 1. The molecule has 16 heavy (non-hydrogen) atoms. The Morgan fingerprint density at radius 2 is 2.25 bits per heavy atom. The van der Waals surface area contributed by atoms with Crippen molar-refractivity contribution in [2.75, 3.05) is 5.32 Å². The van der Waals surface area contributed by atoms with E-state index in [1.165, 1.54) is 16.8 Å². The number of anilines is 1. The number of ether oxygens (including phenoxy) is 1. The van der Waals surface area contributed by atoms with Crippen LogP contribution in [0.15, 0.2) is 12.1 Å². The van der Waals surface area contributed by atoms with E-state index in [1.54, 1.807) is 20.8 Å². The number of carbonyl (C=O) groups excluding carboxylic acids is 1. The average molecular weight is 242 g/mol. The maximum atomic E-state index is 11.4. The summed E-state index contributed by atoms with van der Waals surface area (Å²) in [6.45, 7) is 8.65. The molecule has 2 N–H and O–H groups in total. The largest absolute Gasteiger partial charge is 0.506 e. The van der Waals surface area contributed by atoms with Crippen LogP contribution in [0.25, 0.3) is 5.76 Å². The fraction of sp³-hybridized carbons (Fsp3) is 0.400. The van der Waals surface area contributed by atoms with E-state index in [0.717, 1.165) is 0 Å². The van der Waals surface area contributed by atoms with Gasteiger partial charge in [0, 0.05) is 0 Å². The van der Waals surface area contributed by atoms with Gasteiger partial charge in [0.1, 0.15) is 22.1 Å². The molecule has 0 spiro atoms. The second kappa shape index (κ2) is 4.52. The van der Waals surface area contributed by atoms with Crippen molar-refractivity contribution < 1.29 is 14.6 Å². The fourth-order valence-corrected chi connectivity index (χ4v) is 1.62. The fourth-order valence-electron chi connectivity index (χ4n) is 0.937. The third-order valence-corrected chi connectivity index (χ3v) is 2.20. The second-order valence-electron chi connectivity index (χ2n) is 4.10. The Bertz CT molecular complexity index is 406. The van der Waals surface area contributed by atoms with E-state index in [0.29, 0.717) is 5.00 Å². The lowest BCUT2D eigenvalue weighted by Gasteiger charge is -2.19. The first-order chi connectivity index (χ1) is 7.29. The molecule has 0 atom stereocenters. The number of hydrogen-bond acceptors (Lipinski definition) is 5. The third kappa shape index (κ3) is 3.54. The Kier molecular flexibility index (Phi) is 3.54. The predicted octanol–water partition coefficient (Wildman–Crippen LogP) is 3.02. The molecule has 0 aromatic carbocycles. The summed E-state index contributed by atoms with van der Waals surface area (Å²) in [5, 5.41) is 12.1. The molecule has 1 heterocycles. The van der Waals surface area contributed by atoms with Crippen LogP contribution in [0.4, 0.5) is 9.80 Å². The minimum Gasteiger partial charge on any atom is -0.506 e. The molecule has 5 nitrogen and oxygen atoms in total. The van der Waals surface area contributed by atoms with Gasteiger partial charge in [-0.1, -0.05) is 6.58 Å². The van der Waals surface area contributed by atoms with E-state index >= 15 is 0 Å². The molecule has 0 radical (unpaired) electrons. The summed E-state index contributed by atoms with van der Waals surface area (Å²) in [5.74, 6) is -0.188. The van der Waals surface area contributed by atoms with E-state index < -0.39 is 11.7 Å². The van der Waals surface area contributed by atoms with Crippen LogP contribution in [0.3, 0.4) is 0 Å².